The Morgan fingerprint density at radius 2 is 1.65 bits per heavy atom. The van der Waals surface area contributed by atoms with Crippen molar-refractivity contribution in [1.29, 1.82) is 0 Å². The molecule has 2 fully saturated rings. The summed E-state index contributed by atoms with van der Waals surface area (Å²) in [7, 11) is 0. The predicted molar refractivity (Wildman–Crippen MR) is 85.1 cm³/mol. The highest BCUT2D eigenvalue weighted by atomic mass is 16.5. The first-order valence-corrected chi connectivity index (χ1v) is 8.71. The molecule has 0 amide bonds. The van der Waals surface area contributed by atoms with E-state index in [0.29, 0.717) is 0 Å². The van der Waals surface area contributed by atoms with Crippen molar-refractivity contribution in [3.63, 3.8) is 0 Å². The van der Waals surface area contributed by atoms with Crippen LogP contribution in [0.1, 0.15) is 46.5 Å². The number of likely N-dealkylation sites (tertiary alicyclic amines) is 1. The number of rotatable bonds is 6. The summed E-state index contributed by atoms with van der Waals surface area (Å²) in [6.45, 7) is 15.2. The van der Waals surface area contributed by atoms with Crippen molar-refractivity contribution < 1.29 is 4.74 Å². The fraction of sp³-hybridized carbons (Fsp3) is 1.00. The van der Waals surface area contributed by atoms with Gasteiger partial charge in [-0.1, -0.05) is 13.8 Å². The van der Waals surface area contributed by atoms with Crippen LogP contribution in [-0.4, -0.2) is 61.8 Å². The number of piperidine rings is 1. The van der Waals surface area contributed by atoms with E-state index in [0.717, 1.165) is 44.2 Å². The number of morpholine rings is 1. The van der Waals surface area contributed by atoms with Crippen LogP contribution < -0.4 is 0 Å². The molecular formula is C17H34N2O. The molecule has 2 rings (SSSR count). The summed E-state index contributed by atoms with van der Waals surface area (Å²) >= 11 is 0. The lowest BCUT2D eigenvalue weighted by Gasteiger charge is -2.35. The Morgan fingerprint density at radius 1 is 1.00 bits per heavy atom. The molecule has 1 unspecified atom stereocenters. The Balaban J connectivity index is 1.57. The second-order valence-electron chi connectivity index (χ2n) is 7.06. The van der Waals surface area contributed by atoms with Crippen molar-refractivity contribution >= 4 is 0 Å². The minimum Gasteiger partial charge on any atom is -0.379 e. The summed E-state index contributed by atoms with van der Waals surface area (Å²) in [5, 5.41) is 0. The lowest BCUT2D eigenvalue weighted by atomic mass is 9.86. The summed E-state index contributed by atoms with van der Waals surface area (Å²) in [5.74, 6) is 1.84. The quantitative estimate of drug-likeness (QED) is 0.745. The highest BCUT2D eigenvalue weighted by Gasteiger charge is 2.22. The maximum absolute atomic E-state index is 5.43. The molecule has 118 valence electrons. The minimum absolute atomic E-state index is 0.729. The Morgan fingerprint density at radius 3 is 2.25 bits per heavy atom. The molecule has 0 radical (unpaired) electrons. The zero-order valence-electron chi connectivity index (χ0n) is 13.8. The molecule has 3 heteroatoms. The van der Waals surface area contributed by atoms with E-state index in [4.69, 9.17) is 4.74 Å². The van der Waals surface area contributed by atoms with E-state index >= 15 is 0 Å². The van der Waals surface area contributed by atoms with Crippen LogP contribution >= 0.6 is 0 Å². The monoisotopic (exact) mass is 282 g/mol. The van der Waals surface area contributed by atoms with E-state index < -0.39 is 0 Å². The Hall–Kier alpha value is -0.120. The summed E-state index contributed by atoms with van der Waals surface area (Å²) in [6, 6.07) is 0.729. The maximum atomic E-state index is 5.43. The predicted octanol–water partition coefficient (Wildman–Crippen LogP) is 2.86. The van der Waals surface area contributed by atoms with Crippen LogP contribution in [0.25, 0.3) is 0 Å². The molecule has 0 aromatic carbocycles. The molecule has 20 heavy (non-hydrogen) atoms. The van der Waals surface area contributed by atoms with Crippen LogP contribution in [0, 0.1) is 11.8 Å². The molecule has 0 spiro atoms. The zero-order chi connectivity index (χ0) is 14.4. The molecule has 0 saturated carbocycles. The maximum Gasteiger partial charge on any atom is 0.0594 e. The van der Waals surface area contributed by atoms with E-state index in [9.17, 15) is 0 Å². The average molecular weight is 282 g/mol. The van der Waals surface area contributed by atoms with E-state index in [1.807, 2.05) is 0 Å². The molecule has 2 heterocycles. The van der Waals surface area contributed by atoms with Gasteiger partial charge < -0.3 is 9.64 Å². The van der Waals surface area contributed by atoms with Gasteiger partial charge in [0.05, 0.1) is 13.2 Å². The molecule has 1 atom stereocenters. The van der Waals surface area contributed by atoms with Gasteiger partial charge in [-0.3, -0.25) is 4.90 Å². The van der Waals surface area contributed by atoms with E-state index in [1.54, 1.807) is 0 Å². The largest absolute Gasteiger partial charge is 0.379 e. The highest BCUT2D eigenvalue weighted by molar-refractivity contribution is 4.75. The molecule has 0 bridgehead atoms. The third-order valence-corrected chi connectivity index (χ3v) is 5.34. The lowest BCUT2D eigenvalue weighted by Crippen LogP contribution is -2.42. The zero-order valence-corrected chi connectivity index (χ0v) is 13.8. The van der Waals surface area contributed by atoms with Gasteiger partial charge in [0.2, 0.25) is 0 Å². The van der Waals surface area contributed by atoms with Gasteiger partial charge in [-0.05, 0) is 64.1 Å². The van der Waals surface area contributed by atoms with Crippen LogP contribution in [0.5, 0.6) is 0 Å². The van der Waals surface area contributed by atoms with Crippen LogP contribution in [-0.2, 0) is 4.74 Å². The second kappa shape index (κ2) is 8.35. The fourth-order valence-electron chi connectivity index (χ4n) is 3.65. The van der Waals surface area contributed by atoms with Gasteiger partial charge in [0.15, 0.2) is 0 Å². The Labute approximate surface area is 125 Å². The number of nitrogens with zero attached hydrogens (tertiary/aromatic N) is 2. The summed E-state index contributed by atoms with van der Waals surface area (Å²) in [5.41, 5.74) is 0. The molecule has 0 aromatic rings. The van der Waals surface area contributed by atoms with Crippen LogP contribution in [0.4, 0.5) is 0 Å². The first-order valence-electron chi connectivity index (χ1n) is 8.71. The summed E-state index contributed by atoms with van der Waals surface area (Å²) in [6.07, 6.45) is 5.52. The Bertz CT molecular complexity index is 256. The standard InChI is InChI=1S/C17H34N2O/c1-15(2)17-6-9-18(10-7-17)8-4-5-16(3)19-11-13-20-14-12-19/h15-17H,4-14H2,1-3H3. The first kappa shape index (κ1) is 16.3. The molecule has 2 saturated heterocycles. The van der Waals surface area contributed by atoms with Gasteiger partial charge in [0, 0.05) is 19.1 Å². The third-order valence-electron chi connectivity index (χ3n) is 5.34. The topological polar surface area (TPSA) is 15.7 Å². The van der Waals surface area contributed by atoms with Crippen molar-refractivity contribution in [2.45, 2.75) is 52.5 Å². The van der Waals surface area contributed by atoms with Crippen molar-refractivity contribution in [2.24, 2.45) is 11.8 Å². The van der Waals surface area contributed by atoms with E-state index in [-0.39, 0.29) is 0 Å². The fourth-order valence-corrected chi connectivity index (χ4v) is 3.65. The molecule has 0 N–H and O–H groups in total. The third kappa shape index (κ3) is 5.01. The van der Waals surface area contributed by atoms with E-state index in [2.05, 4.69) is 30.6 Å². The summed E-state index contributed by atoms with van der Waals surface area (Å²) in [4.78, 5) is 5.28. The second-order valence-corrected chi connectivity index (χ2v) is 7.06. The van der Waals surface area contributed by atoms with Crippen molar-refractivity contribution in [2.75, 3.05) is 45.9 Å². The molecule has 0 aromatic heterocycles. The van der Waals surface area contributed by atoms with Crippen molar-refractivity contribution in [3.05, 3.63) is 0 Å². The van der Waals surface area contributed by atoms with Gasteiger partial charge in [0.25, 0.3) is 0 Å². The van der Waals surface area contributed by atoms with Gasteiger partial charge in [-0.15, -0.1) is 0 Å². The lowest BCUT2D eigenvalue weighted by molar-refractivity contribution is 0.0175. The molecule has 3 nitrogen and oxygen atoms in total. The highest BCUT2D eigenvalue weighted by Crippen LogP contribution is 2.24. The van der Waals surface area contributed by atoms with Crippen LogP contribution in [0.3, 0.4) is 0 Å². The van der Waals surface area contributed by atoms with Gasteiger partial charge in [0.1, 0.15) is 0 Å². The van der Waals surface area contributed by atoms with Crippen LogP contribution in [0.2, 0.25) is 0 Å². The smallest absolute Gasteiger partial charge is 0.0594 e. The van der Waals surface area contributed by atoms with Crippen molar-refractivity contribution in [1.82, 2.24) is 9.80 Å². The molecular weight excluding hydrogens is 248 g/mol. The minimum atomic E-state index is 0.729. The molecule has 2 aliphatic rings. The molecule has 2 aliphatic heterocycles. The number of ether oxygens (including phenoxy) is 1. The van der Waals surface area contributed by atoms with Gasteiger partial charge >= 0.3 is 0 Å². The number of hydrogen-bond donors (Lipinski definition) is 0. The molecule has 0 aliphatic carbocycles. The van der Waals surface area contributed by atoms with Crippen LogP contribution in [0.15, 0.2) is 0 Å². The normalized spacial score (nSPS) is 25.2. The Kier molecular flexibility index (Phi) is 6.79. The number of hydrogen-bond acceptors (Lipinski definition) is 3. The first-order chi connectivity index (χ1) is 9.66. The van der Waals surface area contributed by atoms with Crippen molar-refractivity contribution in [3.8, 4) is 0 Å². The van der Waals surface area contributed by atoms with Gasteiger partial charge in [-0.2, -0.15) is 0 Å². The SMILES string of the molecule is CC(C)C1CCN(CCCC(C)N2CCOCC2)CC1. The van der Waals surface area contributed by atoms with E-state index in [1.165, 1.54) is 45.3 Å². The average Bonchev–Trinajstić information content (AvgIpc) is 2.48. The van der Waals surface area contributed by atoms with Gasteiger partial charge in [-0.25, -0.2) is 0 Å². The summed E-state index contributed by atoms with van der Waals surface area (Å²) < 4.78 is 5.43.